The number of carboxylic acid groups (broad SMARTS) is 1. The standard InChI is InChI=1S/C12H22N2O5S/c15-11-8-20(18,19)7-10(11)14-3-1-2-9(6-14)4-13-5-12(16)17/h9-11,13,15H,1-8H2,(H,16,17). The lowest BCUT2D eigenvalue weighted by atomic mass is 9.96. The molecule has 2 saturated heterocycles. The van der Waals surface area contributed by atoms with Crippen LogP contribution in [0.15, 0.2) is 0 Å². The molecule has 2 aliphatic rings. The predicted octanol–water partition coefficient (Wildman–Crippen LogP) is -1.47. The Kier molecular flexibility index (Phi) is 5.00. The van der Waals surface area contributed by atoms with Crippen LogP contribution < -0.4 is 5.32 Å². The SMILES string of the molecule is O=C(O)CNCC1CCCN(C2CS(=O)(=O)CC2O)C1. The minimum atomic E-state index is -3.12. The Hall–Kier alpha value is -0.700. The van der Waals surface area contributed by atoms with Gasteiger partial charge in [-0.25, -0.2) is 8.42 Å². The molecule has 3 atom stereocenters. The van der Waals surface area contributed by atoms with E-state index in [1.165, 1.54) is 0 Å². The molecule has 2 heterocycles. The molecule has 0 bridgehead atoms. The van der Waals surface area contributed by atoms with Crippen molar-refractivity contribution in [3.05, 3.63) is 0 Å². The fourth-order valence-electron chi connectivity index (χ4n) is 3.11. The van der Waals surface area contributed by atoms with Gasteiger partial charge in [-0.3, -0.25) is 9.69 Å². The molecule has 0 saturated carbocycles. The van der Waals surface area contributed by atoms with Gasteiger partial charge < -0.3 is 15.5 Å². The number of aliphatic hydroxyl groups is 1. The number of piperidine rings is 1. The van der Waals surface area contributed by atoms with Gasteiger partial charge in [0.1, 0.15) is 0 Å². The van der Waals surface area contributed by atoms with Gasteiger partial charge in [0.15, 0.2) is 9.84 Å². The Balaban J connectivity index is 1.86. The van der Waals surface area contributed by atoms with Gasteiger partial charge in [-0.1, -0.05) is 0 Å². The summed E-state index contributed by atoms with van der Waals surface area (Å²) in [5.74, 6) is -0.687. The predicted molar refractivity (Wildman–Crippen MR) is 73.3 cm³/mol. The van der Waals surface area contributed by atoms with E-state index in [4.69, 9.17) is 5.11 Å². The summed E-state index contributed by atoms with van der Waals surface area (Å²) < 4.78 is 23.1. The average Bonchev–Trinajstić information content (AvgIpc) is 2.63. The summed E-state index contributed by atoms with van der Waals surface area (Å²) in [7, 11) is -3.12. The number of carboxylic acids is 1. The highest BCUT2D eigenvalue weighted by atomic mass is 32.2. The van der Waals surface area contributed by atoms with Gasteiger partial charge in [-0.05, 0) is 31.8 Å². The van der Waals surface area contributed by atoms with E-state index in [0.717, 1.165) is 19.4 Å². The third-order valence-electron chi connectivity index (χ3n) is 4.02. The molecular formula is C12H22N2O5S. The van der Waals surface area contributed by atoms with Gasteiger partial charge in [0.05, 0.1) is 30.2 Å². The number of sulfone groups is 1. The van der Waals surface area contributed by atoms with Crippen LogP contribution in [0.4, 0.5) is 0 Å². The molecule has 116 valence electrons. The van der Waals surface area contributed by atoms with Crippen molar-refractivity contribution in [1.29, 1.82) is 0 Å². The van der Waals surface area contributed by atoms with Crippen LogP contribution in [0.1, 0.15) is 12.8 Å². The number of carbonyl (C=O) groups is 1. The minimum absolute atomic E-state index is 0.0312. The summed E-state index contributed by atoms with van der Waals surface area (Å²) >= 11 is 0. The Morgan fingerprint density at radius 2 is 2.10 bits per heavy atom. The van der Waals surface area contributed by atoms with Crippen molar-refractivity contribution < 1.29 is 23.4 Å². The first-order chi connectivity index (χ1) is 9.37. The highest BCUT2D eigenvalue weighted by molar-refractivity contribution is 7.91. The molecule has 0 spiro atoms. The monoisotopic (exact) mass is 306 g/mol. The topological polar surface area (TPSA) is 107 Å². The smallest absolute Gasteiger partial charge is 0.317 e. The van der Waals surface area contributed by atoms with Gasteiger partial charge in [0.2, 0.25) is 0 Å². The van der Waals surface area contributed by atoms with Crippen molar-refractivity contribution in [3.8, 4) is 0 Å². The first-order valence-corrected chi connectivity index (χ1v) is 8.74. The quantitative estimate of drug-likeness (QED) is 0.569. The van der Waals surface area contributed by atoms with Gasteiger partial charge >= 0.3 is 5.97 Å². The zero-order valence-corrected chi connectivity index (χ0v) is 12.2. The number of aliphatic carboxylic acids is 1. The van der Waals surface area contributed by atoms with E-state index in [-0.39, 0.29) is 24.1 Å². The summed E-state index contributed by atoms with van der Waals surface area (Å²) in [5.41, 5.74) is 0. The lowest BCUT2D eigenvalue weighted by Gasteiger charge is -2.37. The molecule has 0 aliphatic carbocycles. The van der Waals surface area contributed by atoms with Gasteiger partial charge in [0.25, 0.3) is 0 Å². The number of nitrogens with zero attached hydrogens (tertiary/aromatic N) is 1. The summed E-state index contributed by atoms with van der Waals surface area (Å²) in [4.78, 5) is 12.5. The molecular weight excluding hydrogens is 284 g/mol. The molecule has 3 unspecified atom stereocenters. The Bertz CT molecular complexity index is 453. The fraction of sp³-hybridized carbons (Fsp3) is 0.917. The summed E-state index contributed by atoms with van der Waals surface area (Å²) in [6.07, 6.45) is 1.15. The van der Waals surface area contributed by atoms with E-state index in [1.807, 2.05) is 4.90 Å². The van der Waals surface area contributed by atoms with Crippen molar-refractivity contribution in [1.82, 2.24) is 10.2 Å². The third-order valence-corrected chi connectivity index (χ3v) is 5.72. The second kappa shape index (κ2) is 6.38. The Labute approximate surface area is 118 Å². The maximum absolute atomic E-state index is 11.6. The molecule has 20 heavy (non-hydrogen) atoms. The van der Waals surface area contributed by atoms with Gasteiger partial charge in [-0.15, -0.1) is 0 Å². The molecule has 0 radical (unpaired) electrons. The minimum Gasteiger partial charge on any atom is -0.480 e. The zero-order valence-electron chi connectivity index (χ0n) is 11.4. The second-order valence-electron chi connectivity index (χ2n) is 5.74. The maximum Gasteiger partial charge on any atom is 0.317 e. The highest BCUT2D eigenvalue weighted by Crippen LogP contribution is 2.24. The van der Waals surface area contributed by atoms with E-state index in [2.05, 4.69) is 5.32 Å². The third kappa shape index (κ3) is 4.15. The van der Waals surface area contributed by atoms with Crippen molar-refractivity contribution in [2.45, 2.75) is 25.0 Å². The van der Waals surface area contributed by atoms with E-state index in [9.17, 15) is 18.3 Å². The van der Waals surface area contributed by atoms with Crippen LogP contribution in [0, 0.1) is 5.92 Å². The zero-order chi connectivity index (χ0) is 14.8. The van der Waals surface area contributed by atoms with Crippen LogP contribution in [0.2, 0.25) is 0 Å². The van der Waals surface area contributed by atoms with Crippen LogP contribution in [-0.2, 0) is 14.6 Å². The number of hydrogen-bond acceptors (Lipinski definition) is 6. The Morgan fingerprint density at radius 1 is 1.35 bits per heavy atom. The highest BCUT2D eigenvalue weighted by Gasteiger charge is 2.41. The molecule has 0 aromatic carbocycles. The van der Waals surface area contributed by atoms with Gasteiger partial charge in [0, 0.05) is 6.54 Å². The molecule has 3 N–H and O–H groups in total. The fourth-order valence-corrected chi connectivity index (χ4v) is 4.94. The maximum atomic E-state index is 11.6. The van der Waals surface area contributed by atoms with Crippen LogP contribution in [0.3, 0.4) is 0 Å². The molecule has 2 aliphatic heterocycles. The first kappa shape index (κ1) is 15.7. The van der Waals surface area contributed by atoms with Crippen molar-refractivity contribution in [2.75, 3.05) is 37.7 Å². The van der Waals surface area contributed by atoms with Crippen LogP contribution in [0.25, 0.3) is 0 Å². The van der Waals surface area contributed by atoms with E-state index in [0.29, 0.717) is 19.0 Å². The van der Waals surface area contributed by atoms with Crippen LogP contribution >= 0.6 is 0 Å². The normalized spacial score (nSPS) is 34.1. The number of hydrogen-bond donors (Lipinski definition) is 3. The molecule has 8 heteroatoms. The molecule has 0 amide bonds. The molecule has 0 aromatic rings. The molecule has 2 rings (SSSR count). The van der Waals surface area contributed by atoms with E-state index < -0.39 is 21.9 Å². The first-order valence-electron chi connectivity index (χ1n) is 6.92. The van der Waals surface area contributed by atoms with Crippen molar-refractivity contribution >= 4 is 15.8 Å². The van der Waals surface area contributed by atoms with Crippen molar-refractivity contribution in [2.24, 2.45) is 5.92 Å². The molecule has 2 fully saturated rings. The second-order valence-corrected chi connectivity index (χ2v) is 7.89. The number of likely N-dealkylation sites (tertiary alicyclic amines) is 1. The number of aliphatic hydroxyl groups excluding tert-OH is 1. The molecule has 0 aromatic heterocycles. The number of rotatable bonds is 5. The lowest BCUT2D eigenvalue weighted by Crippen LogP contribution is -2.49. The lowest BCUT2D eigenvalue weighted by molar-refractivity contribution is -0.136. The van der Waals surface area contributed by atoms with Crippen LogP contribution in [0.5, 0.6) is 0 Å². The average molecular weight is 306 g/mol. The van der Waals surface area contributed by atoms with E-state index >= 15 is 0 Å². The summed E-state index contributed by atoms with van der Waals surface area (Å²) in [5, 5.41) is 21.4. The van der Waals surface area contributed by atoms with Crippen LogP contribution in [-0.4, -0.2) is 79.3 Å². The summed E-state index contributed by atoms with van der Waals surface area (Å²) in [6.45, 7) is 2.06. The van der Waals surface area contributed by atoms with Crippen molar-refractivity contribution in [3.63, 3.8) is 0 Å². The number of nitrogens with one attached hydrogen (secondary N) is 1. The van der Waals surface area contributed by atoms with E-state index in [1.54, 1.807) is 0 Å². The largest absolute Gasteiger partial charge is 0.480 e. The Morgan fingerprint density at radius 3 is 2.70 bits per heavy atom. The molecule has 7 nitrogen and oxygen atoms in total. The van der Waals surface area contributed by atoms with Gasteiger partial charge in [-0.2, -0.15) is 0 Å². The summed E-state index contributed by atoms with van der Waals surface area (Å²) in [6, 6.07) is -0.303.